The Bertz CT molecular complexity index is 431. The molecule has 0 aliphatic heterocycles. The van der Waals surface area contributed by atoms with Crippen LogP contribution in [-0.2, 0) is 0 Å². The van der Waals surface area contributed by atoms with Crippen molar-refractivity contribution >= 4 is 11.6 Å². The molecule has 0 saturated heterocycles. The summed E-state index contributed by atoms with van der Waals surface area (Å²) in [6.07, 6.45) is 1.14. The van der Waals surface area contributed by atoms with E-state index in [2.05, 4.69) is 6.92 Å². The summed E-state index contributed by atoms with van der Waals surface area (Å²) in [5, 5.41) is 10.8. The molecule has 0 amide bonds. The molecular formula is C13H17ClO3. The van der Waals surface area contributed by atoms with Crippen LogP contribution in [0.3, 0.4) is 0 Å². The van der Waals surface area contributed by atoms with Gasteiger partial charge in [-0.05, 0) is 24.3 Å². The van der Waals surface area contributed by atoms with Crippen LogP contribution < -0.4 is 9.47 Å². The first kappa shape index (κ1) is 12.5. The second-order valence-electron chi connectivity index (χ2n) is 4.42. The molecule has 3 nitrogen and oxygen atoms in total. The van der Waals surface area contributed by atoms with Crippen molar-refractivity contribution in [3.05, 3.63) is 22.2 Å². The maximum Gasteiger partial charge on any atom is 0.166 e. The van der Waals surface area contributed by atoms with E-state index in [9.17, 15) is 5.11 Å². The maximum atomic E-state index is 10.1. The van der Waals surface area contributed by atoms with Crippen LogP contribution in [0.5, 0.6) is 11.5 Å². The third-order valence-corrected chi connectivity index (χ3v) is 3.71. The first-order valence-corrected chi connectivity index (χ1v) is 6.10. The van der Waals surface area contributed by atoms with Gasteiger partial charge in [0.2, 0.25) is 0 Å². The molecule has 1 N–H and O–H groups in total. The largest absolute Gasteiger partial charge is 0.493 e. The SMILES string of the molecule is COc1cc(Cl)c2c(c1OC)C(O)CCC2C. The van der Waals surface area contributed by atoms with Crippen molar-refractivity contribution in [2.75, 3.05) is 14.2 Å². The van der Waals surface area contributed by atoms with Crippen LogP contribution in [0.2, 0.25) is 5.02 Å². The Balaban J connectivity index is 2.70. The fourth-order valence-electron chi connectivity index (χ4n) is 2.53. The molecule has 2 rings (SSSR count). The zero-order chi connectivity index (χ0) is 12.6. The summed E-state index contributed by atoms with van der Waals surface area (Å²) in [5.41, 5.74) is 1.78. The van der Waals surface area contributed by atoms with Crippen molar-refractivity contribution < 1.29 is 14.6 Å². The average molecular weight is 257 g/mol. The van der Waals surface area contributed by atoms with Gasteiger partial charge in [-0.1, -0.05) is 18.5 Å². The predicted octanol–water partition coefficient (Wildman–Crippen LogP) is 3.29. The van der Waals surface area contributed by atoms with E-state index in [0.29, 0.717) is 22.4 Å². The maximum absolute atomic E-state index is 10.1. The van der Waals surface area contributed by atoms with Gasteiger partial charge in [0.15, 0.2) is 11.5 Å². The Morgan fingerprint density at radius 2 is 1.94 bits per heavy atom. The molecule has 0 radical (unpaired) electrons. The van der Waals surface area contributed by atoms with E-state index in [4.69, 9.17) is 21.1 Å². The van der Waals surface area contributed by atoms with Crippen LogP contribution in [0.4, 0.5) is 0 Å². The monoisotopic (exact) mass is 256 g/mol. The number of aliphatic hydroxyl groups is 1. The Morgan fingerprint density at radius 1 is 1.24 bits per heavy atom. The summed E-state index contributed by atoms with van der Waals surface area (Å²) in [7, 11) is 3.15. The number of hydrogen-bond acceptors (Lipinski definition) is 3. The zero-order valence-electron chi connectivity index (χ0n) is 10.3. The fraction of sp³-hybridized carbons (Fsp3) is 0.538. The highest BCUT2D eigenvalue weighted by molar-refractivity contribution is 6.31. The van der Waals surface area contributed by atoms with Crippen molar-refractivity contribution in [2.24, 2.45) is 0 Å². The summed E-state index contributed by atoms with van der Waals surface area (Å²) in [4.78, 5) is 0. The van der Waals surface area contributed by atoms with Crippen molar-refractivity contribution in [1.82, 2.24) is 0 Å². The molecule has 1 aliphatic rings. The summed E-state index contributed by atoms with van der Waals surface area (Å²) in [6.45, 7) is 2.11. The predicted molar refractivity (Wildman–Crippen MR) is 67.2 cm³/mol. The fourth-order valence-corrected chi connectivity index (χ4v) is 2.92. The minimum absolute atomic E-state index is 0.334. The summed E-state index contributed by atoms with van der Waals surface area (Å²) in [6, 6.07) is 1.76. The molecule has 94 valence electrons. The lowest BCUT2D eigenvalue weighted by atomic mass is 9.81. The molecule has 0 aromatic heterocycles. The average Bonchev–Trinajstić information content (AvgIpc) is 2.32. The van der Waals surface area contributed by atoms with Gasteiger partial charge >= 0.3 is 0 Å². The van der Waals surface area contributed by atoms with Crippen LogP contribution in [0.25, 0.3) is 0 Å². The van der Waals surface area contributed by atoms with E-state index < -0.39 is 6.10 Å². The van der Waals surface area contributed by atoms with Crippen LogP contribution in [0.1, 0.15) is 42.9 Å². The summed E-state index contributed by atoms with van der Waals surface area (Å²) >= 11 is 6.27. The van der Waals surface area contributed by atoms with Crippen LogP contribution in [0.15, 0.2) is 6.07 Å². The highest BCUT2D eigenvalue weighted by Crippen LogP contribution is 2.49. The Morgan fingerprint density at radius 3 is 2.53 bits per heavy atom. The van der Waals surface area contributed by atoms with Gasteiger partial charge in [0.05, 0.1) is 20.3 Å². The molecule has 17 heavy (non-hydrogen) atoms. The van der Waals surface area contributed by atoms with Gasteiger partial charge in [-0.15, -0.1) is 0 Å². The number of hydrogen-bond donors (Lipinski definition) is 1. The molecule has 1 aromatic rings. The van der Waals surface area contributed by atoms with Gasteiger partial charge in [0.1, 0.15) is 0 Å². The van der Waals surface area contributed by atoms with Crippen molar-refractivity contribution in [1.29, 1.82) is 0 Å². The van der Waals surface area contributed by atoms with E-state index in [-0.39, 0.29) is 0 Å². The molecule has 0 saturated carbocycles. The lowest BCUT2D eigenvalue weighted by molar-refractivity contribution is 0.146. The van der Waals surface area contributed by atoms with E-state index >= 15 is 0 Å². The molecule has 1 aromatic carbocycles. The van der Waals surface area contributed by atoms with Gasteiger partial charge in [0, 0.05) is 16.7 Å². The minimum Gasteiger partial charge on any atom is -0.493 e. The number of rotatable bonds is 2. The topological polar surface area (TPSA) is 38.7 Å². The van der Waals surface area contributed by atoms with Crippen molar-refractivity contribution in [3.63, 3.8) is 0 Å². The third kappa shape index (κ3) is 1.98. The van der Waals surface area contributed by atoms with E-state index in [1.807, 2.05) is 0 Å². The summed E-state index contributed by atoms with van der Waals surface area (Å²) < 4.78 is 10.6. The molecule has 4 heteroatoms. The van der Waals surface area contributed by atoms with Gasteiger partial charge in [-0.25, -0.2) is 0 Å². The number of benzene rings is 1. The lowest BCUT2D eigenvalue weighted by Gasteiger charge is -2.30. The normalized spacial score (nSPS) is 23.1. The second-order valence-corrected chi connectivity index (χ2v) is 4.82. The van der Waals surface area contributed by atoms with E-state index in [1.54, 1.807) is 20.3 Å². The molecule has 0 spiro atoms. The first-order valence-electron chi connectivity index (χ1n) is 5.72. The van der Waals surface area contributed by atoms with Crippen LogP contribution in [-0.4, -0.2) is 19.3 Å². The van der Waals surface area contributed by atoms with Crippen LogP contribution in [0, 0.1) is 0 Å². The van der Waals surface area contributed by atoms with Crippen molar-refractivity contribution in [3.8, 4) is 11.5 Å². The number of methoxy groups -OCH3 is 2. The third-order valence-electron chi connectivity index (χ3n) is 3.40. The summed E-state index contributed by atoms with van der Waals surface area (Å²) in [5.74, 6) is 1.51. The highest BCUT2D eigenvalue weighted by atomic mass is 35.5. The standard InChI is InChI=1S/C13H17ClO3/c1-7-4-5-9(15)12-11(7)8(14)6-10(16-2)13(12)17-3/h6-7,9,15H,4-5H2,1-3H3. The van der Waals surface area contributed by atoms with Gasteiger partial charge in [0.25, 0.3) is 0 Å². The first-order chi connectivity index (χ1) is 8.10. The van der Waals surface area contributed by atoms with E-state index in [0.717, 1.165) is 24.0 Å². The molecule has 1 aliphatic carbocycles. The minimum atomic E-state index is -0.524. The van der Waals surface area contributed by atoms with Crippen LogP contribution >= 0.6 is 11.6 Å². The zero-order valence-corrected chi connectivity index (χ0v) is 11.0. The Labute approximate surface area is 106 Å². The van der Waals surface area contributed by atoms with Crippen molar-refractivity contribution in [2.45, 2.75) is 31.8 Å². The molecule has 0 heterocycles. The Hall–Kier alpha value is -0.930. The molecule has 2 unspecified atom stereocenters. The van der Waals surface area contributed by atoms with Gasteiger partial charge in [-0.3, -0.25) is 0 Å². The Kier molecular flexibility index (Phi) is 3.50. The highest BCUT2D eigenvalue weighted by Gasteiger charge is 2.31. The van der Waals surface area contributed by atoms with Gasteiger partial charge in [-0.2, -0.15) is 0 Å². The van der Waals surface area contributed by atoms with E-state index in [1.165, 1.54) is 0 Å². The number of fused-ring (bicyclic) bond motifs is 1. The molecule has 2 atom stereocenters. The molecule has 0 fully saturated rings. The number of ether oxygens (including phenoxy) is 2. The molecular weight excluding hydrogens is 240 g/mol. The van der Waals surface area contributed by atoms with Gasteiger partial charge < -0.3 is 14.6 Å². The lowest BCUT2D eigenvalue weighted by Crippen LogP contribution is -2.15. The quantitative estimate of drug-likeness (QED) is 0.883. The second kappa shape index (κ2) is 4.75. The smallest absolute Gasteiger partial charge is 0.166 e. The molecule has 0 bridgehead atoms. The number of aliphatic hydroxyl groups excluding tert-OH is 1. The number of halogens is 1.